The number of aromatic nitrogens is 3. The maximum atomic E-state index is 11.9. The van der Waals surface area contributed by atoms with Gasteiger partial charge in [-0.1, -0.05) is 0 Å². The SMILES string of the molecule is O=[N+]([O-])c1nc(Br)n(CC(O)CF)n1. The minimum Gasteiger partial charge on any atom is -0.390 e. The zero-order chi connectivity index (χ0) is 10.7. The van der Waals surface area contributed by atoms with Gasteiger partial charge >= 0.3 is 5.95 Å². The van der Waals surface area contributed by atoms with Gasteiger partial charge in [0.15, 0.2) is 0 Å². The van der Waals surface area contributed by atoms with Crippen LogP contribution in [0.3, 0.4) is 0 Å². The molecule has 7 nitrogen and oxygen atoms in total. The number of nitro groups is 1. The van der Waals surface area contributed by atoms with Crippen LogP contribution in [0.4, 0.5) is 10.3 Å². The van der Waals surface area contributed by atoms with Crippen molar-refractivity contribution in [3.63, 3.8) is 0 Å². The number of hydrogen-bond donors (Lipinski definition) is 1. The van der Waals surface area contributed by atoms with Crippen molar-refractivity contribution >= 4 is 21.9 Å². The number of hydrogen-bond acceptors (Lipinski definition) is 5. The van der Waals surface area contributed by atoms with E-state index in [1.54, 1.807) is 0 Å². The Hall–Kier alpha value is -1.09. The quantitative estimate of drug-likeness (QED) is 0.625. The molecular formula is C5H6BrFN4O3. The summed E-state index contributed by atoms with van der Waals surface area (Å²) in [5.74, 6) is -0.595. The van der Waals surface area contributed by atoms with E-state index in [0.717, 1.165) is 4.68 Å². The molecule has 0 aromatic carbocycles. The van der Waals surface area contributed by atoms with E-state index in [2.05, 4.69) is 26.0 Å². The Morgan fingerprint density at radius 1 is 1.79 bits per heavy atom. The summed E-state index contributed by atoms with van der Waals surface area (Å²) in [5, 5.41) is 22.6. The predicted molar refractivity (Wildman–Crippen MR) is 46.4 cm³/mol. The van der Waals surface area contributed by atoms with Gasteiger partial charge in [0, 0.05) is 21.0 Å². The fourth-order valence-corrected chi connectivity index (χ4v) is 1.14. The lowest BCUT2D eigenvalue weighted by Gasteiger charge is -2.01. The molecule has 0 aliphatic heterocycles. The molecule has 1 aromatic rings. The summed E-state index contributed by atoms with van der Waals surface area (Å²) in [6, 6.07) is 0. The lowest BCUT2D eigenvalue weighted by atomic mass is 10.4. The average molecular weight is 269 g/mol. The van der Waals surface area contributed by atoms with E-state index in [0.29, 0.717) is 0 Å². The first-order valence-corrected chi connectivity index (χ1v) is 4.32. The molecule has 0 saturated carbocycles. The number of nitrogens with zero attached hydrogens (tertiary/aromatic N) is 4. The Kier molecular flexibility index (Phi) is 3.47. The van der Waals surface area contributed by atoms with Crippen molar-refractivity contribution in [1.82, 2.24) is 14.8 Å². The average Bonchev–Trinajstić information content (AvgIpc) is 2.48. The fourth-order valence-electron chi connectivity index (χ4n) is 0.754. The Labute approximate surface area is 85.8 Å². The number of alkyl halides is 1. The summed E-state index contributed by atoms with van der Waals surface area (Å²) in [7, 11) is 0. The number of halogens is 2. The van der Waals surface area contributed by atoms with Crippen molar-refractivity contribution in [1.29, 1.82) is 0 Å². The van der Waals surface area contributed by atoms with Gasteiger partial charge in [0.25, 0.3) is 4.73 Å². The molecule has 1 aromatic heterocycles. The summed E-state index contributed by atoms with van der Waals surface area (Å²) in [5.41, 5.74) is 0. The monoisotopic (exact) mass is 268 g/mol. The predicted octanol–water partition coefficient (Wildman–Crippen LogP) is 0.279. The van der Waals surface area contributed by atoms with Crippen LogP contribution in [0.2, 0.25) is 0 Å². The topological polar surface area (TPSA) is 94.1 Å². The summed E-state index contributed by atoms with van der Waals surface area (Å²) in [4.78, 5) is 12.9. The van der Waals surface area contributed by atoms with Crippen molar-refractivity contribution in [2.75, 3.05) is 6.67 Å². The van der Waals surface area contributed by atoms with Crippen LogP contribution in [0, 0.1) is 10.1 Å². The van der Waals surface area contributed by atoms with Gasteiger partial charge in [-0.2, -0.15) is 4.68 Å². The van der Waals surface area contributed by atoms with Crippen LogP contribution in [-0.4, -0.2) is 37.6 Å². The van der Waals surface area contributed by atoms with E-state index in [1.807, 2.05) is 0 Å². The van der Waals surface area contributed by atoms with Gasteiger partial charge in [0.05, 0.1) is 6.54 Å². The van der Waals surface area contributed by atoms with Crippen molar-refractivity contribution in [2.45, 2.75) is 12.6 Å². The van der Waals surface area contributed by atoms with Gasteiger partial charge in [-0.3, -0.25) is 0 Å². The van der Waals surface area contributed by atoms with Crippen LogP contribution >= 0.6 is 15.9 Å². The van der Waals surface area contributed by atoms with E-state index in [4.69, 9.17) is 5.11 Å². The van der Waals surface area contributed by atoms with E-state index in [9.17, 15) is 14.5 Å². The molecule has 0 fully saturated rings. The molecule has 78 valence electrons. The summed E-state index contributed by atoms with van der Waals surface area (Å²) in [6.45, 7) is -1.13. The van der Waals surface area contributed by atoms with Gasteiger partial charge in [0.2, 0.25) is 0 Å². The summed E-state index contributed by atoms with van der Waals surface area (Å²) in [6.07, 6.45) is -1.24. The zero-order valence-electron chi connectivity index (χ0n) is 6.80. The smallest absolute Gasteiger partial charge is 0.390 e. The van der Waals surface area contributed by atoms with Crippen LogP contribution in [0.25, 0.3) is 0 Å². The minimum absolute atomic E-state index is 0.0803. The highest BCUT2D eigenvalue weighted by Crippen LogP contribution is 2.12. The molecule has 14 heavy (non-hydrogen) atoms. The minimum atomic E-state index is -1.24. The third-order valence-corrected chi connectivity index (χ3v) is 1.93. The van der Waals surface area contributed by atoms with E-state index < -0.39 is 23.7 Å². The molecule has 9 heteroatoms. The third-order valence-electron chi connectivity index (χ3n) is 1.34. The summed E-state index contributed by atoms with van der Waals surface area (Å²) >= 11 is 2.89. The van der Waals surface area contributed by atoms with Gasteiger partial charge in [0.1, 0.15) is 12.8 Å². The normalized spacial score (nSPS) is 12.8. The first kappa shape index (κ1) is 11.0. The molecule has 0 radical (unpaired) electrons. The van der Waals surface area contributed by atoms with Crippen LogP contribution in [0.5, 0.6) is 0 Å². The van der Waals surface area contributed by atoms with Crippen LogP contribution < -0.4 is 0 Å². The molecule has 1 heterocycles. The Morgan fingerprint density at radius 2 is 2.43 bits per heavy atom. The molecule has 1 atom stereocenters. The molecule has 0 aliphatic rings. The highest BCUT2D eigenvalue weighted by molar-refractivity contribution is 9.10. The molecule has 0 amide bonds. The largest absolute Gasteiger partial charge is 0.492 e. The highest BCUT2D eigenvalue weighted by Gasteiger charge is 2.21. The van der Waals surface area contributed by atoms with Crippen molar-refractivity contribution in [3.8, 4) is 0 Å². The lowest BCUT2D eigenvalue weighted by molar-refractivity contribution is -0.394. The number of aliphatic hydroxyl groups excluding tert-OH is 1. The van der Waals surface area contributed by atoms with Gasteiger partial charge < -0.3 is 15.2 Å². The van der Waals surface area contributed by atoms with Gasteiger partial charge in [-0.25, -0.2) is 4.39 Å². The first-order chi connectivity index (χ1) is 6.54. The Balaban J connectivity index is 2.82. The Bertz CT molecular complexity index is 344. The molecule has 0 aliphatic carbocycles. The molecule has 1 N–H and O–H groups in total. The van der Waals surface area contributed by atoms with E-state index in [1.165, 1.54) is 0 Å². The van der Waals surface area contributed by atoms with Gasteiger partial charge in [-0.05, 0) is 9.91 Å². The zero-order valence-corrected chi connectivity index (χ0v) is 8.39. The fraction of sp³-hybridized carbons (Fsp3) is 0.600. The van der Waals surface area contributed by atoms with Crippen molar-refractivity contribution in [3.05, 3.63) is 14.8 Å². The van der Waals surface area contributed by atoms with Gasteiger partial charge in [-0.15, -0.1) is 0 Å². The molecule has 0 spiro atoms. The van der Waals surface area contributed by atoms with E-state index in [-0.39, 0.29) is 11.3 Å². The van der Waals surface area contributed by atoms with Crippen LogP contribution in [0.1, 0.15) is 0 Å². The third kappa shape index (κ3) is 2.45. The highest BCUT2D eigenvalue weighted by atomic mass is 79.9. The van der Waals surface area contributed by atoms with Crippen molar-refractivity contribution < 1.29 is 14.4 Å². The lowest BCUT2D eigenvalue weighted by Crippen LogP contribution is -2.19. The second kappa shape index (κ2) is 4.42. The Morgan fingerprint density at radius 3 is 2.86 bits per heavy atom. The molecule has 1 unspecified atom stereocenters. The maximum Gasteiger partial charge on any atom is 0.492 e. The summed E-state index contributed by atoms with van der Waals surface area (Å²) < 4.78 is 13.0. The van der Waals surface area contributed by atoms with Crippen LogP contribution in [-0.2, 0) is 6.54 Å². The van der Waals surface area contributed by atoms with Crippen molar-refractivity contribution in [2.24, 2.45) is 0 Å². The number of rotatable bonds is 4. The molecular weight excluding hydrogens is 263 g/mol. The standard InChI is InChI=1S/C5H6BrFN4O3/c6-4-8-5(11(13)14)9-10(4)2-3(12)1-7/h3,12H,1-2H2. The first-order valence-electron chi connectivity index (χ1n) is 3.53. The van der Waals surface area contributed by atoms with E-state index >= 15 is 0 Å². The second-order valence-electron chi connectivity index (χ2n) is 2.43. The maximum absolute atomic E-state index is 11.9. The second-order valence-corrected chi connectivity index (χ2v) is 3.14. The number of aliphatic hydroxyl groups is 1. The molecule has 0 bridgehead atoms. The molecule has 0 saturated heterocycles. The van der Waals surface area contributed by atoms with Crippen LogP contribution in [0.15, 0.2) is 4.73 Å². The molecule has 1 rings (SSSR count).